The Balaban J connectivity index is 1.85. The maximum Gasteiger partial charge on any atom is 0.315 e. The van der Waals surface area contributed by atoms with E-state index < -0.39 is 6.10 Å². The Kier molecular flexibility index (Phi) is 6.21. The minimum absolute atomic E-state index is 0.154. The molecule has 0 heterocycles. The average molecular weight is 328 g/mol. The van der Waals surface area contributed by atoms with Crippen LogP contribution >= 0.6 is 0 Å². The Labute approximate surface area is 142 Å². The molecule has 0 saturated carbocycles. The fraction of sp³-hybridized carbons (Fsp3) is 0.316. The summed E-state index contributed by atoms with van der Waals surface area (Å²) in [6, 6.07) is 13.1. The lowest BCUT2D eigenvalue weighted by molar-refractivity contribution is 0.172. The highest BCUT2D eigenvalue weighted by molar-refractivity contribution is 5.74. The zero-order valence-electron chi connectivity index (χ0n) is 14.3. The van der Waals surface area contributed by atoms with Crippen molar-refractivity contribution >= 4 is 6.03 Å². The smallest absolute Gasteiger partial charge is 0.315 e. The molecular weight excluding hydrogens is 304 g/mol. The number of amides is 2. The summed E-state index contributed by atoms with van der Waals surface area (Å²) < 4.78 is 5.32. The van der Waals surface area contributed by atoms with Crippen molar-refractivity contribution in [2.45, 2.75) is 26.5 Å². The summed E-state index contributed by atoms with van der Waals surface area (Å²) >= 11 is 0. The first-order valence-corrected chi connectivity index (χ1v) is 7.90. The van der Waals surface area contributed by atoms with E-state index in [1.165, 1.54) is 0 Å². The Hall–Kier alpha value is -2.53. The highest BCUT2D eigenvalue weighted by Gasteiger charge is 2.11. The Morgan fingerprint density at radius 1 is 1.17 bits per heavy atom. The summed E-state index contributed by atoms with van der Waals surface area (Å²) in [7, 11) is 1.61. The standard InChI is InChI=1S/C19H24N2O3/c1-13-8-9-15(18(10-13)24-3)11-20-19(23)21-12-17(22)16-7-5-4-6-14(16)2/h4-10,17,22H,11-12H2,1-3H3,(H2,20,21,23). The minimum atomic E-state index is -0.731. The number of aliphatic hydroxyl groups is 1. The number of urea groups is 1. The first kappa shape index (κ1) is 17.8. The zero-order chi connectivity index (χ0) is 17.5. The predicted molar refractivity (Wildman–Crippen MR) is 94.1 cm³/mol. The topological polar surface area (TPSA) is 70.6 Å². The van der Waals surface area contributed by atoms with Crippen molar-refractivity contribution in [3.05, 3.63) is 64.7 Å². The van der Waals surface area contributed by atoms with Crippen LogP contribution in [-0.2, 0) is 6.54 Å². The van der Waals surface area contributed by atoms with E-state index in [0.717, 1.165) is 28.0 Å². The van der Waals surface area contributed by atoms with E-state index >= 15 is 0 Å². The molecule has 2 amide bonds. The van der Waals surface area contributed by atoms with Crippen LogP contribution in [-0.4, -0.2) is 24.8 Å². The van der Waals surface area contributed by atoms with Crippen LogP contribution in [0.4, 0.5) is 4.79 Å². The van der Waals surface area contributed by atoms with Gasteiger partial charge in [-0.3, -0.25) is 0 Å². The number of carbonyl (C=O) groups is 1. The van der Waals surface area contributed by atoms with Gasteiger partial charge in [0.2, 0.25) is 0 Å². The zero-order valence-corrected chi connectivity index (χ0v) is 14.3. The van der Waals surface area contributed by atoms with E-state index in [9.17, 15) is 9.90 Å². The van der Waals surface area contributed by atoms with E-state index in [-0.39, 0.29) is 12.6 Å². The molecule has 5 heteroatoms. The second-order valence-electron chi connectivity index (χ2n) is 5.75. The van der Waals surface area contributed by atoms with Crippen LogP contribution in [0.1, 0.15) is 28.4 Å². The van der Waals surface area contributed by atoms with Crippen LogP contribution in [0.15, 0.2) is 42.5 Å². The quantitative estimate of drug-likeness (QED) is 0.763. The number of hydrogen-bond donors (Lipinski definition) is 3. The van der Waals surface area contributed by atoms with Gasteiger partial charge >= 0.3 is 6.03 Å². The maximum absolute atomic E-state index is 11.9. The monoisotopic (exact) mass is 328 g/mol. The van der Waals surface area contributed by atoms with Gasteiger partial charge in [0.25, 0.3) is 0 Å². The van der Waals surface area contributed by atoms with Crippen molar-refractivity contribution in [2.24, 2.45) is 0 Å². The summed E-state index contributed by atoms with van der Waals surface area (Å²) in [6.07, 6.45) is -0.731. The van der Waals surface area contributed by atoms with Crippen LogP contribution < -0.4 is 15.4 Å². The molecular formula is C19H24N2O3. The van der Waals surface area contributed by atoms with Crippen molar-refractivity contribution in [2.75, 3.05) is 13.7 Å². The predicted octanol–water partition coefficient (Wildman–Crippen LogP) is 2.84. The Bertz CT molecular complexity index is 701. The number of aliphatic hydroxyl groups excluding tert-OH is 1. The van der Waals surface area contributed by atoms with Crippen molar-refractivity contribution in [1.29, 1.82) is 0 Å². The molecule has 0 aliphatic carbocycles. The van der Waals surface area contributed by atoms with E-state index in [0.29, 0.717) is 6.54 Å². The molecule has 0 saturated heterocycles. The molecule has 128 valence electrons. The van der Waals surface area contributed by atoms with Gasteiger partial charge in [0.15, 0.2) is 0 Å². The van der Waals surface area contributed by atoms with Crippen LogP contribution in [0.2, 0.25) is 0 Å². The van der Waals surface area contributed by atoms with Crippen LogP contribution in [0, 0.1) is 13.8 Å². The van der Waals surface area contributed by atoms with Crippen LogP contribution in [0.5, 0.6) is 5.75 Å². The van der Waals surface area contributed by atoms with Gasteiger partial charge in [-0.2, -0.15) is 0 Å². The minimum Gasteiger partial charge on any atom is -0.496 e. The molecule has 24 heavy (non-hydrogen) atoms. The maximum atomic E-state index is 11.9. The van der Waals surface area contributed by atoms with Gasteiger partial charge in [0, 0.05) is 18.7 Å². The molecule has 2 rings (SSSR count). The number of hydrogen-bond acceptors (Lipinski definition) is 3. The van der Waals surface area contributed by atoms with Crippen molar-refractivity contribution in [3.63, 3.8) is 0 Å². The van der Waals surface area contributed by atoms with Crippen LogP contribution in [0.25, 0.3) is 0 Å². The third-order valence-corrected chi connectivity index (χ3v) is 3.89. The molecule has 1 unspecified atom stereocenters. The third kappa shape index (κ3) is 4.73. The lowest BCUT2D eigenvalue weighted by atomic mass is 10.0. The normalized spacial score (nSPS) is 11.7. The molecule has 2 aromatic carbocycles. The second kappa shape index (κ2) is 8.36. The number of ether oxygens (including phenoxy) is 1. The molecule has 0 fully saturated rings. The first-order valence-electron chi connectivity index (χ1n) is 7.90. The van der Waals surface area contributed by atoms with Gasteiger partial charge in [0.05, 0.1) is 13.2 Å². The Morgan fingerprint density at radius 3 is 2.62 bits per heavy atom. The second-order valence-corrected chi connectivity index (χ2v) is 5.75. The fourth-order valence-corrected chi connectivity index (χ4v) is 2.50. The third-order valence-electron chi connectivity index (χ3n) is 3.89. The number of rotatable bonds is 6. The fourth-order valence-electron chi connectivity index (χ4n) is 2.50. The van der Waals surface area contributed by atoms with Crippen molar-refractivity contribution in [1.82, 2.24) is 10.6 Å². The highest BCUT2D eigenvalue weighted by Crippen LogP contribution is 2.19. The largest absolute Gasteiger partial charge is 0.496 e. The number of aryl methyl sites for hydroxylation is 2. The van der Waals surface area contributed by atoms with E-state index in [4.69, 9.17) is 4.74 Å². The lowest BCUT2D eigenvalue weighted by Crippen LogP contribution is -2.37. The molecule has 0 aromatic heterocycles. The van der Waals surface area contributed by atoms with E-state index in [1.807, 2.05) is 56.3 Å². The van der Waals surface area contributed by atoms with Gasteiger partial charge in [-0.05, 0) is 36.6 Å². The molecule has 0 bridgehead atoms. The Morgan fingerprint density at radius 2 is 1.92 bits per heavy atom. The highest BCUT2D eigenvalue weighted by atomic mass is 16.5. The molecule has 5 nitrogen and oxygen atoms in total. The van der Waals surface area contributed by atoms with Gasteiger partial charge < -0.3 is 20.5 Å². The summed E-state index contributed by atoms with van der Waals surface area (Å²) in [5, 5.41) is 15.6. The summed E-state index contributed by atoms with van der Waals surface area (Å²) in [4.78, 5) is 11.9. The summed E-state index contributed by atoms with van der Waals surface area (Å²) in [6.45, 7) is 4.43. The molecule has 0 aliphatic heterocycles. The summed E-state index contributed by atoms with van der Waals surface area (Å²) in [5.74, 6) is 0.746. The molecule has 0 spiro atoms. The average Bonchev–Trinajstić information content (AvgIpc) is 2.58. The number of methoxy groups -OCH3 is 1. The molecule has 0 radical (unpaired) electrons. The van der Waals surface area contributed by atoms with Gasteiger partial charge in [-0.15, -0.1) is 0 Å². The lowest BCUT2D eigenvalue weighted by Gasteiger charge is -2.15. The van der Waals surface area contributed by atoms with Crippen molar-refractivity contribution < 1.29 is 14.6 Å². The van der Waals surface area contributed by atoms with Crippen molar-refractivity contribution in [3.8, 4) is 5.75 Å². The first-order chi connectivity index (χ1) is 11.5. The van der Waals surface area contributed by atoms with E-state index in [1.54, 1.807) is 7.11 Å². The number of carbonyl (C=O) groups excluding carboxylic acids is 1. The molecule has 0 aliphatic rings. The number of benzene rings is 2. The van der Waals surface area contributed by atoms with Gasteiger partial charge in [0.1, 0.15) is 5.75 Å². The SMILES string of the molecule is COc1cc(C)ccc1CNC(=O)NCC(O)c1ccccc1C. The summed E-state index contributed by atoms with van der Waals surface area (Å²) in [5.41, 5.74) is 3.81. The number of nitrogens with one attached hydrogen (secondary N) is 2. The molecule has 2 aromatic rings. The molecule has 3 N–H and O–H groups in total. The van der Waals surface area contributed by atoms with Gasteiger partial charge in [-0.1, -0.05) is 36.4 Å². The molecule has 1 atom stereocenters. The van der Waals surface area contributed by atoms with Crippen LogP contribution in [0.3, 0.4) is 0 Å². The van der Waals surface area contributed by atoms with E-state index in [2.05, 4.69) is 10.6 Å². The van der Waals surface area contributed by atoms with Gasteiger partial charge in [-0.25, -0.2) is 4.79 Å².